The van der Waals surface area contributed by atoms with E-state index >= 15 is 0 Å². The van der Waals surface area contributed by atoms with Gasteiger partial charge >= 0.3 is 0 Å². The lowest BCUT2D eigenvalue weighted by molar-refractivity contribution is -0.117. The minimum atomic E-state index is -3.62. The Kier molecular flexibility index (Phi) is 4.51. The fourth-order valence-corrected chi connectivity index (χ4v) is 4.78. The maximum absolute atomic E-state index is 13.0. The zero-order chi connectivity index (χ0) is 18.1. The Morgan fingerprint density at radius 2 is 2.00 bits per heavy atom. The van der Waals surface area contributed by atoms with Crippen LogP contribution in [0, 0.1) is 0 Å². The number of carbonyl (C=O) groups is 1. The summed E-state index contributed by atoms with van der Waals surface area (Å²) < 4.78 is 33.0. The van der Waals surface area contributed by atoms with Crippen molar-refractivity contribution in [3.63, 3.8) is 0 Å². The van der Waals surface area contributed by atoms with Gasteiger partial charge in [-0.3, -0.25) is 9.89 Å². The number of hydrogen-bond acceptors (Lipinski definition) is 5. The van der Waals surface area contributed by atoms with E-state index in [1.54, 1.807) is 41.6 Å². The number of H-pyrrole nitrogens is 1. The van der Waals surface area contributed by atoms with Gasteiger partial charge in [-0.2, -0.15) is 9.40 Å². The SMILES string of the molecule is O=C1CCCN1c1ccc(S(=O)(=O)N2CCOC(c3cn[nH]c3)C2)cc1. The molecule has 8 nitrogen and oxygen atoms in total. The van der Waals surface area contributed by atoms with E-state index in [4.69, 9.17) is 4.74 Å². The maximum atomic E-state index is 13.0. The number of sulfonamides is 1. The van der Waals surface area contributed by atoms with Crippen molar-refractivity contribution < 1.29 is 17.9 Å². The molecule has 2 aliphatic heterocycles. The molecule has 2 saturated heterocycles. The zero-order valence-electron chi connectivity index (χ0n) is 14.2. The summed E-state index contributed by atoms with van der Waals surface area (Å²) in [5.41, 5.74) is 1.57. The molecule has 2 aromatic rings. The third kappa shape index (κ3) is 3.13. The summed E-state index contributed by atoms with van der Waals surface area (Å²) in [7, 11) is -3.62. The first-order valence-electron chi connectivity index (χ1n) is 8.56. The van der Waals surface area contributed by atoms with Gasteiger partial charge in [-0.05, 0) is 30.7 Å². The highest BCUT2D eigenvalue weighted by Gasteiger charge is 2.32. The fourth-order valence-electron chi connectivity index (χ4n) is 3.35. The summed E-state index contributed by atoms with van der Waals surface area (Å²) in [4.78, 5) is 13.7. The predicted molar refractivity (Wildman–Crippen MR) is 94.1 cm³/mol. The van der Waals surface area contributed by atoms with Crippen LogP contribution in [0.25, 0.3) is 0 Å². The second-order valence-corrected chi connectivity index (χ2v) is 8.33. The number of rotatable bonds is 4. The van der Waals surface area contributed by atoms with Crippen molar-refractivity contribution in [2.24, 2.45) is 0 Å². The van der Waals surface area contributed by atoms with Crippen LogP contribution in [0.1, 0.15) is 24.5 Å². The van der Waals surface area contributed by atoms with E-state index in [2.05, 4.69) is 10.2 Å². The number of carbonyl (C=O) groups excluding carboxylic acids is 1. The van der Waals surface area contributed by atoms with Crippen LogP contribution < -0.4 is 4.90 Å². The van der Waals surface area contributed by atoms with E-state index < -0.39 is 10.0 Å². The predicted octanol–water partition coefficient (Wildman–Crippen LogP) is 1.30. The molecule has 1 aromatic heterocycles. The smallest absolute Gasteiger partial charge is 0.243 e. The first-order valence-corrected chi connectivity index (χ1v) is 10.0. The second kappa shape index (κ2) is 6.82. The molecule has 0 radical (unpaired) electrons. The first-order chi connectivity index (χ1) is 12.6. The minimum Gasteiger partial charge on any atom is -0.371 e. The Bertz CT molecular complexity index is 880. The van der Waals surface area contributed by atoms with Gasteiger partial charge in [0.15, 0.2) is 0 Å². The van der Waals surface area contributed by atoms with Gasteiger partial charge in [0, 0.05) is 43.5 Å². The maximum Gasteiger partial charge on any atom is 0.243 e. The van der Waals surface area contributed by atoms with Gasteiger partial charge in [0.25, 0.3) is 0 Å². The summed E-state index contributed by atoms with van der Waals surface area (Å²) >= 11 is 0. The Morgan fingerprint density at radius 1 is 1.19 bits per heavy atom. The van der Waals surface area contributed by atoms with Gasteiger partial charge in [-0.25, -0.2) is 8.42 Å². The zero-order valence-corrected chi connectivity index (χ0v) is 15.0. The molecule has 0 aliphatic carbocycles. The molecule has 138 valence electrons. The number of nitrogens with one attached hydrogen (secondary N) is 1. The molecule has 0 saturated carbocycles. The molecule has 9 heteroatoms. The lowest BCUT2D eigenvalue weighted by Gasteiger charge is -2.31. The standard InChI is InChI=1S/C17H20N4O4S/c22-17-2-1-7-21(17)14-3-5-15(6-4-14)26(23,24)20-8-9-25-16(12-20)13-10-18-19-11-13/h3-6,10-11,16H,1-2,7-9,12H2,(H,18,19). The molecule has 2 aliphatic rings. The van der Waals surface area contributed by atoms with Crippen molar-refractivity contribution in [3.05, 3.63) is 42.2 Å². The van der Waals surface area contributed by atoms with Crippen LogP contribution in [0.2, 0.25) is 0 Å². The Hall–Kier alpha value is -2.23. The highest BCUT2D eigenvalue weighted by atomic mass is 32.2. The largest absolute Gasteiger partial charge is 0.371 e. The Balaban J connectivity index is 1.53. The highest BCUT2D eigenvalue weighted by molar-refractivity contribution is 7.89. The van der Waals surface area contributed by atoms with Crippen molar-refractivity contribution in [2.45, 2.75) is 23.8 Å². The van der Waals surface area contributed by atoms with Crippen LogP contribution in [0.5, 0.6) is 0 Å². The van der Waals surface area contributed by atoms with E-state index in [0.717, 1.165) is 17.7 Å². The van der Waals surface area contributed by atoms with Crippen molar-refractivity contribution in [3.8, 4) is 0 Å². The minimum absolute atomic E-state index is 0.0803. The molecule has 1 atom stereocenters. The number of benzene rings is 1. The molecule has 1 unspecified atom stereocenters. The first kappa shape index (κ1) is 17.2. The molecule has 26 heavy (non-hydrogen) atoms. The second-order valence-electron chi connectivity index (χ2n) is 6.40. The lowest BCUT2D eigenvalue weighted by Crippen LogP contribution is -2.42. The van der Waals surface area contributed by atoms with Crippen molar-refractivity contribution >= 4 is 21.6 Å². The molecular weight excluding hydrogens is 356 g/mol. The van der Waals surface area contributed by atoms with Gasteiger partial charge in [0.05, 0.1) is 23.8 Å². The van der Waals surface area contributed by atoms with Crippen LogP contribution >= 0.6 is 0 Å². The van der Waals surface area contributed by atoms with E-state index in [9.17, 15) is 13.2 Å². The monoisotopic (exact) mass is 376 g/mol. The van der Waals surface area contributed by atoms with Crippen LogP contribution in [0.3, 0.4) is 0 Å². The van der Waals surface area contributed by atoms with Gasteiger partial charge in [0.1, 0.15) is 0 Å². The Morgan fingerprint density at radius 3 is 2.65 bits per heavy atom. The normalized spacial score (nSPS) is 22.1. The number of hydrogen-bond donors (Lipinski definition) is 1. The molecule has 1 aromatic carbocycles. The van der Waals surface area contributed by atoms with E-state index in [1.165, 1.54) is 4.31 Å². The number of ether oxygens (including phenoxy) is 1. The van der Waals surface area contributed by atoms with Crippen LogP contribution in [-0.4, -0.2) is 55.1 Å². The van der Waals surface area contributed by atoms with Crippen LogP contribution in [0.15, 0.2) is 41.6 Å². The summed E-state index contributed by atoms with van der Waals surface area (Å²) in [6.45, 7) is 1.56. The van der Waals surface area contributed by atoms with Crippen molar-refractivity contribution in [1.82, 2.24) is 14.5 Å². The number of aromatic amines is 1. The fraction of sp³-hybridized carbons (Fsp3) is 0.412. The lowest BCUT2D eigenvalue weighted by atomic mass is 10.2. The van der Waals surface area contributed by atoms with Gasteiger partial charge in [-0.1, -0.05) is 0 Å². The molecule has 0 bridgehead atoms. The number of nitrogens with zero attached hydrogens (tertiary/aromatic N) is 3. The highest BCUT2D eigenvalue weighted by Crippen LogP contribution is 2.28. The number of anilines is 1. The van der Waals surface area contributed by atoms with E-state index in [0.29, 0.717) is 26.1 Å². The summed E-state index contributed by atoms with van der Waals surface area (Å²) in [5, 5.41) is 6.61. The van der Waals surface area contributed by atoms with Crippen molar-refractivity contribution in [1.29, 1.82) is 0 Å². The van der Waals surface area contributed by atoms with E-state index in [1.807, 2.05) is 0 Å². The number of morpholine rings is 1. The van der Waals surface area contributed by atoms with Gasteiger partial charge in [0.2, 0.25) is 15.9 Å². The van der Waals surface area contributed by atoms with Crippen LogP contribution in [0.4, 0.5) is 5.69 Å². The van der Waals surface area contributed by atoms with Crippen LogP contribution in [-0.2, 0) is 19.6 Å². The number of amides is 1. The molecule has 1 N–H and O–H groups in total. The summed E-state index contributed by atoms with van der Waals surface area (Å²) in [6.07, 6.45) is 4.40. The molecule has 4 rings (SSSR count). The quantitative estimate of drug-likeness (QED) is 0.868. The molecular formula is C17H20N4O4S. The van der Waals surface area contributed by atoms with E-state index in [-0.39, 0.29) is 23.5 Å². The molecule has 1 amide bonds. The topological polar surface area (TPSA) is 95.6 Å². The third-order valence-corrected chi connectivity index (χ3v) is 6.66. The average Bonchev–Trinajstić information content (AvgIpc) is 3.34. The van der Waals surface area contributed by atoms with Gasteiger partial charge in [-0.15, -0.1) is 0 Å². The molecule has 0 spiro atoms. The van der Waals surface area contributed by atoms with Crippen molar-refractivity contribution in [2.75, 3.05) is 31.1 Å². The summed E-state index contributed by atoms with van der Waals surface area (Å²) in [5.74, 6) is 0.0803. The molecule has 2 fully saturated rings. The Labute approximate surface area is 151 Å². The van der Waals surface area contributed by atoms with Gasteiger partial charge < -0.3 is 9.64 Å². The average molecular weight is 376 g/mol. The molecule has 3 heterocycles. The third-order valence-electron chi connectivity index (χ3n) is 4.78. The summed E-state index contributed by atoms with van der Waals surface area (Å²) in [6, 6.07) is 6.53. The number of aromatic nitrogens is 2.